The van der Waals surface area contributed by atoms with Crippen LogP contribution in [0.3, 0.4) is 0 Å². The summed E-state index contributed by atoms with van der Waals surface area (Å²) < 4.78 is 15.6. The Morgan fingerprint density at radius 2 is 1.73 bits per heavy atom. The highest BCUT2D eigenvalue weighted by molar-refractivity contribution is 5.97. The molecular formula is C18H26N2O6. The number of benzene rings is 1. The van der Waals surface area contributed by atoms with Gasteiger partial charge >= 0.3 is 12.0 Å². The van der Waals surface area contributed by atoms with Gasteiger partial charge in [0.25, 0.3) is 5.91 Å². The summed E-state index contributed by atoms with van der Waals surface area (Å²) in [6, 6.07) is 6.39. The molecule has 0 radical (unpaired) electrons. The topological polar surface area (TPSA) is 103 Å². The van der Waals surface area contributed by atoms with Gasteiger partial charge in [-0.1, -0.05) is 12.1 Å². The molecule has 144 valence electrons. The van der Waals surface area contributed by atoms with Crippen LogP contribution in [0.1, 0.15) is 34.1 Å². The maximum atomic E-state index is 11.9. The van der Waals surface area contributed by atoms with Crippen LogP contribution in [0.25, 0.3) is 0 Å². The molecule has 8 nitrogen and oxygen atoms in total. The van der Waals surface area contributed by atoms with Crippen LogP contribution in [-0.2, 0) is 14.3 Å². The standard InChI is InChI=1S/C18H26N2O6/c1-12(16(22)19-17(23)20-18(2,3)4)26-15(21)10-11-25-14-9-7-6-8-13(14)24-5/h6-9,12H,10-11H2,1-5H3,(H2,19,20,22,23). The van der Waals surface area contributed by atoms with E-state index in [2.05, 4.69) is 10.6 Å². The smallest absolute Gasteiger partial charge is 0.321 e. The van der Waals surface area contributed by atoms with Gasteiger partial charge in [0.15, 0.2) is 17.6 Å². The van der Waals surface area contributed by atoms with Crippen LogP contribution >= 0.6 is 0 Å². The number of hydrogen-bond donors (Lipinski definition) is 2. The molecule has 0 spiro atoms. The van der Waals surface area contributed by atoms with Crippen molar-refractivity contribution in [2.75, 3.05) is 13.7 Å². The molecule has 3 amide bonds. The van der Waals surface area contributed by atoms with E-state index in [1.807, 2.05) is 0 Å². The molecule has 0 saturated carbocycles. The summed E-state index contributed by atoms with van der Waals surface area (Å²) >= 11 is 0. The van der Waals surface area contributed by atoms with Crippen molar-refractivity contribution in [2.24, 2.45) is 0 Å². The zero-order valence-corrected chi connectivity index (χ0v) is 15.8. The lowest BCUT2D eigenvalue weighted by Gasteiger charge is -2.21. The highest BCUT2D eigenvalue weighted by atomic mass is 16.6. The molecule has 1 atom stereocenters. The van der Waals surface area contributed by atoms with E-state index in [4.69, 9.17) is 14.2 Å². The van der Waals surface area contributed by atoms with Gasteiger partial charge in [-0.3, -0.25) is 14.9 Å². The molecule has 0 aliphatic heterocycles. The number of carbonyl (C=O) groups is 3. The van der Waals surface area contributed by atoms with Gasteiger partial charge in [-0.05, 0) is 39.8 Å². The maximum absolute atomic E-state index is 11.9. The first-order valence-electron chi connectivity index (χ1n) is 8.20. The summed E-state index contributed by atoms with van der Waals surface area (Å²) in [5.74, 6) is -0.254. The second kappa shape index (κ2) is 9.65. The number of methoxy groups -OCH3 is 1. The average Bonchev–Trinajstić information content (AvgIpc) is 2.53. The minimum atomic E-state index is -1.10. The second-order valence-electron chi connectivity index (χ2n) is 6.57. The van der Waals surface area contributed by atoms with Crippen LogP contribution in [0.5, 0.6) is 11.5 Å². The third kappa shape index (κ3) is 7.87. The SMILES string of the molecule is COc1ccccc1OCCC(=O)OC(C)C(=O)NC(=O)NC(C)(C)C. The lowest BCUT2D eigenvalue weighted by Crippen LogP contribution is -2.50. The average molecular weight is 366 g/mol. The minimum Gasteiger partial charge on any atom is -0.493 e. The number of hydrogen-bond acceptors (Lipinski definition) is 6. The molecule has 1 unspecified atom stereocenters. The van der Waals surface area contributed by atoms with E-state index < -0.39 is 29.6 Å². The number of carbonyl (C=O) groups excluding carboxylic acids is 3. The van der Waals surface area contributed by atoms with Crippen molar-refractivity contribution >= 4 is 17.9 Å². The van der Waals surface area contributed by atoms with Gasteiger partial charge in [0.2, 0.25) is 0 Å². The summed E-state index contributed by atoms with van der Waals surface area (Å²) in [5.41, 5.74) is -0.486. The number of rotatable bonds is 7. The Bertz CT molecular complexity index is 639. The zero-order chi connectivity index (χ0) is 19.7. The lowest BCUT2D eigenvalue weighted by molar-refractivity contribution is -0.154. The van der Waals surface area contributed by atoms with Crippen molar-refractivity contribution < 1.29 is 28.6 Å². The lowest BCUT2D eigenvalue weighted by atomic mass is 10.1. The van der Waals surface area contributed by atoms with Crippen LogP contribution in [-0.4, -0.2) is 43.3 Å². The third-order valence-corrected chi connectivity index (χ3v) is 3.04. The molecule has 0 saturated heterocycles. The van der Waals surface area contributed by atoms with Gasteiger partial charge in [-0.2, -0.15) is 0 Å². The molecule has 26 heavy (non-hydrogen) atoms. The Balaban J connectivity index is 2.37. The highest BCUT2D eigenvalue weighted by Gasteiger charge is 2.22. The first-order chi connectivity index (χ1) is 12.1. The van der Waals surface area contributed by atoms with Gasteiger partial charge in [-0.15, -0.1) is 0 Å². The first-order valence-corrected chi connectivity index (χ1v) is 8.20. The van der Waals surface area contributed by atoms with Crippen LogP contribution in [0.4, 0.5) is 4.79 Å². The van der Waals surface area contributed by atoms with Gasteiger partial charge < -0.3 is 19.5 Å². The van der Waals surface area contributed by atoms with Crippen molar-refractivity contribution in [3.63, 3.8) is 0 Å². The molecule has 2 N–H and O–H groups in total. The van der Waals surface area contributed by atoms with Gasteiger partial charge in [0.1, 0.15) is 0 Å². The molecular weight excluding hydrogens is 340 g/mol. The van der Waals surface area contributed by atoms with Crippen LogP contribution in [0, 0.1) is 0 Å². The van der Waals surface area contributed by atoms with E-state index in [0.717, 1.165) is 0 Å². The Hall–Kier alpha value is -2.77. The molecule has 1 aromatic carbocycles. The number of urea groups is 1. The Morgan fingerprint density at radius 1 is 1.12 bits per heavy atom. The summed E-state index contributed by atoms with van der Waals surface area (Å²) in [6.45, 7) is 6.80. The Kier molecular flexibility index (Phi) is 7.89. The second-order valence-corrected chi connectivity index (χ2v) is 6.57. The van der Waals surface area contributed by atoms with Crippen molar-refractivity contribution in [3.05, 3.63) is 24.3 Å². The molecule has 0 bridgehead atoms. The molecule has 0 heterocycles. The molecule has 0 aliphatic rings. The Morgan fingerprint density at radius 3 is 2.31 bits per heavy atom. The zero-order valence-electron chi connectivity index (χ0n) is 15.8. The quantitative estimate of drug-likeness (QED) is 0.716. The fourth-order valence-electron chi connectivity index (χ4n) is 1.88. The van der Waals surface area contributed by atoms with E-state index in [9.17, 15) is 14.4 Å². The normalized spacial score (nSPS) is 11.9. The first kappa shape index (κ1) is 21.3. The molecule has 0 aliphatic carbocycles. The van der Waals surface area contributed by atoms with Crippen molar-refractivity contribution in [1.82, 2.24) is 10.6 Å². The van der Waals surface area contributed by atoms with Crippen molar-refractivity contribution in [2.45, 2.75) is 45.8 Å². The molecule has 8 heteroatoms. The largest absolute Gasteiger partial charge is 0.493 e. The number of amides is 3. The summed E-state index contributed by atoms with van der Waals surface area (Å²) in [6.07, 6.45) is -1.15. The van der Waals surface area contributed by atoms with Gasteiger partial charge in [-0.25, -0.2) is 4.79 Å². The van der Waals surface area contributed by atoms with Crippen LogP contribution in [0.15, 0.2) is 24.3 Å². The highest BCUT2D eigenvalue weighted by Crippen LogP contribution is 2.25. The van der Waals surface area contributed by atoms with Crippen LogP contribution < -0.4 is 20.1 Å². The molecule has 1 aromatic rings. The fraction of sp³-hybridized carbons (Fsp3) is 0.500. The van der Waals surface area contributed by atoms with E-state index in [-0.39, 0.29) is 13.0 Å². The number of esters is 1. The number of ether oxygens (including phenoxy) is 3. The number of nitrogens with one attached hydrogen (secondary N) is 2. The number of imide groups is 1. The van der Waals surface area contributed by atoms with Crippen molar-refractivity contribution in [1.29, 1.82) is 0 Å². The summed E-state index contributed by atoms with van der Waals surface area (Å²) in [7, 11) is 1.52. The van der Waals surface area contributed by atoms with E-state index >= 15 is 0 Å². The predicted molar refractivity (Wildman–Crippen MR) is 95.1 cm³/mol. The van der Waals surface area contributed by atoms with E-state index in [0.29, 0.717) is 11.5 Å². The van der Waals surface area contributed by atoms with Crippen molar-refractivity contribution in [3.8, 4) is 11.5 Å². The molecule has 1 rings (SSSR count). The third-order valence-electron chi connectivity index (χ3n) is 3.04. The minimum absolute atomic E-state index is 0.0517. The summed E-state index contributed by atoms with van der Waals surface area (Å²) in [4.78, 5) is 35.3. The van der Waals surface area contributed by atoms with E-state index in [1.54, 1.807) is 45.0 Å². The van der Waals surface area contributed by atoms with E-state index in [1.165, 1.54) is 14.0 Å². The van der Waals surface area contributed by atoms with Crippen LogP contribution in [0.2, 0.25) is 0 Å². The maximum Gasteiger partial charge on any atom is 0.321 e. The van der Waals surface area contributed by atoms with Gasteiger partial charge in [0.05, 0.1) is 20.1 Å². The van der Waals surface area contributed by atoms with Gasteiger partial charge in [0, 0.05) is 5.54 Å². The predicted octanol–water partition coefficient (Wildman–Crippen LogP) is 2.02. The molecule has 0 fully saturated rings. The molecule has 0 aromatic heterocycles. The summed E-state index contributed by atoms with van der Waals surface area (Å²) in [5, 5.41) is 4.70. The number of para-hydroxylation sites is 2. The Labute approximate surface area is 153 Å². The monoisotopic (exact) mass is 366 g/mol. The fourth-order valence-corrected chi connectivity index (χ4v) is 1.88.